The molecule has 1 unspecified atom stereocenters. The third-order valence-electron chi connectivity index (χ3n) is 5.91. The predicted molar refractivity (Wildman–Crippen MR) is 120 cm³/mol. The first-order valence-corrected chi connectivity index (χ1v) is 10.9. The van der Waals surface area contributed by atoms with Crippen LogP contribution in [0.25, 0.3) is 0 Å². The Kier molecular flexibility index (Phi) is 6.80. The summed E-state index contributed by atoms with van der Waals surface area (Å²) in [7, 11) is 1.56. The van der Waals surface area contributed by atoms with E-state index in [4.69, 9.17) is 19.9 Å². The molecular weight excluding hydrogens is 410 g/mol. The number of hydrogen-bond acceptors (Lipinski definition) is 6. The molecule has 1 fully saturated rings. The summed E-state index contributed by atoms with van der Waals surface area (Å²) in [5.41, 5.74) is 7.11. The molecule has 0 aromatic heterocycles. The van der Waals surface area contributed by atoms with Crippen molar-refractivity contribution in [2.45, 2.75) is 25.3 Å². The lowest BCUT2D eigenvalue weighted by Crippen LogP contribution is -2.41. The van der Waals surface area contributed by atoms with E-state index in [-0.39, 0.29) is 31.5 Å². The van der Waals surface area contributed by atoms with Crippen LogP contribution in [0, 0.1) is 0 Å². The number of carbonyl (C=O) groups excluding carboxylic acids is 2. The molecule has 0 bridgehead atoms. The maximum Gasteiger partial charge on any atom is 0.241 e. The minimum absolute atomic E-state index is 0.0787. The number of amides is 2. The molecule has 2 aromatic carbocycles. The number of fused-ring (bicyclic) bond motifs is 1. The highest BCUT2D eigenvalue weighted by molar-refractivity contribution is 5.96. The van der Waals surface area contributed by atoms with Crippen LogP contribution in [-0.2, 0) is 9.59 Å². The number of nitrogens with two attached hydrogens (primary N) is 1. The maximum atomic E-state index is 13.4. The Morgan fingerprint density at radius 1 is 1.16 bits per heavy atom. The van der Waals surface area contributed by atoms with Gasteiger partial charge in [0.15, 0.2) is 11.5 Å². The summed E-state index contributed by atoms with van der Waals surface area (Å²) in [6.07, 6.45) is 2.04. The van der Waals surface area contributed by atoms with Gasteiger partial charge in [-0.2, -0.15) is 0 Å². The molecule has 1 atom stereocenters. The van der Waals surface area contributed by atoms with Crippen LogP contribution in [0.1, 0.15) is 30.9 Å². The summed E-state index contributed by atoms with van der Waals surface area (Å²) in [6.45, 7) is 2.35. The average molecular weight is 440 g/mol. The molecule has 2 N–H and O–H groups in total. The third-order valence-corrected chi connectivity index (χ3v) is 5.91. The number of ether oxygens (including phenoxy) is 3. The number of carbonyl (C=O) groups is 2. The van der Waals surface area contributed by atoms with Gasteiger partial charge in [-0.15, -0.1) is 0 Å². The van der Waals surface area contributed by atoms with Crippen molar-refractivity contribution in [3.8, 4) is 17.2 Å². The zero-order valence-electron chi connectivity index (χ0n) is 18.3. The fourth-order valence-corrected chi connectivity index (χ4v) is 4.37. The van der Waals surface area contributed by atoms with E-state index in [1.807, 2.05) is 36.4 Å². The van der Waals surface area contributed by atoms with Crippen molar-refractivity contribution in [3.05, 3.63) is 48.0 Å². The largest absolute Gasteiger partial charge is 0.495 e. The summed E-state index contributed by atoms with van der Waals surface area (Å²) in [5, 5.41) is 0. The standard InChI is InChI=1S/C24H29N3O5/c1-30-20-7-3-2-5-19(20)27(12-10-23(25)28)24(29)16-26-11-4-6-18(26)17-8-9-21-22(15-17)32-14-13-31-21/h2-3,5,7-9,15,18H,4,6,10-14,16H2,1H3,(H2,25,28). The molecule has 2 aromatic rings. The van der Waals surface area contributed by atoms with Crippen LogP contribution in [0.2, 0.25) is 0 Å². The molecule has 8 heteroatoms. The second-order valence-corrected chi connectivity index (χ2v) is 7.97. The molecule has 0 radical (unpaired) electrons. The van der Waals surface area contributed by atoms with Gasteiger partial charge in [0.05, 0.1) is 19.3 Å². The third kappa shape index (κ3) is 4.80. The Labute approximate surface area is 187 Å². The van der Waals surface area contributed by atoms with Crippen LogP contribution >= 0.6 is 0 Å². The summed E-state index contributed by atoms with van der Waals surface area (Å²) in [4.78, 5) is 28.6. The highest BCUT2D eigenvalue weighted by Gasteiger charge is 2.31. The van der Waals surface area contributed by atoms with Crippen molar-refractivity contribution < 1.29 is 23.8 Å². The van der Waals surface area contributed by atoms with Crippen LogP contribution < -0.4 is 24.8 Å². The van der Waals surface area contributed by atoms with Crippen LogP contribution in [0.3, 0.4) is 0 Å². The van der Waals surface area contributed by atoms with Gasteiger partial charge in [0.2, 0.25) is 11.8 Å². The number of likely N-dealkylation sites (tertiary alicyclic amines) is 1. The van der Waals surface area contributed by atoms with E-state index >= 15 is 0 Å². The number of methoxy groups -OCH3 is 1. The molecule has 32 heavy (non-hydrogen) atoms. The Morgan fingerprint density at radius 3 is 2.72 bits per heavy atom. The van der Waals surface area contributed by atoms with Gasteiger partial charge in [-0.25, -0.2) is 0 Å². The minimum Gasteiger partial charge on any atom is -0.495 e. The summed E-state index contributed by atoms with van der Waals surface area (Å²) < 4.78 is 16.8. The number of rotatable bonds is 8. The van der Waals surface area contributed by atoms with E-state index in [9.17, 15) is 9.59 Å². The van der Waals surface area contributed by atoms with Crippen molar-refractivity contribution in [3.63, 3.8) is 0 Å². The van der Waals surface area contributed by atoms with E-state index in [1.165, 1.54) is 0 Å². The zero-order chi connectivity index (χ0) is 22.5. The molecule has 2 aliphatic rings. The first-order valence-electron chi connectivity index (χ1n) is 10.9. The topological polar surface area (TPSA) is 94.3 Å². The Bertz CT molecular complexity index is 980. The van der Waals surface area contributed by atoms with E-state index < -0.39 is 5.91 Å². The van der Waals surface area contributed by atoms with Gasteiger partial charge in [0.25, 0.3) is 0 Å². The fraction of sp³-hybridized carbons (Fsp3) is 0.417. The molecule has 1 saturated heterocycles. The second-order valence-electron chi connectivity index (χ2n) is 7.97. The van der Waals surface area contributed by atoms with Gasteiger partial charge in [-0.3, -0.25) is 14.5 Å². The smallest absolute Gasteiger partial charge is 0.241 e. The van der Waals surface area contributed by atoms with Gasteiger partial charge in [-0.1, -0.05) is 18.2 Å². The van der Waals surface area contributed by atoms with E-state index in [2.05, 4.69) is 4.90 Å². The number of primary amides is 1. The van der Waals surface area contributed by atoms with Crippen molar-refractivity contribution >= 4 is 17.5 Å². The number of benzene rings is 2. The van der Waals surface area contributed by atoms with Crippen molar-refractivity contribution in [1.29, 1.82) is 0 Å². The summed E-state index contributed by atoms with van der Waals surface area (Å²) in [6, 6.07) is 13.4. The monoisotopic (exact) mass is 439 g/mol. The van der Waals surface area contributed by atoms with Gasteiger partial charge in [0.1, 0.15) is 19.0 Å². The second kappa shape index (κ2) is 9.91. The lowest BCUT2D eigenvalue weighted by atomic mass is 10.0. The lowest BCUT2D eigenvalue weighted by molar-refractivity contribution is -0.120. The van der Waals surface area contributed by atoms with E-state index in [1.54, 1.807) is 18.1 Å². The highest BCUT2D eigenvalue weighted by atomic mass is 16.6. The lowest BCUT2D eigenvalue weighted by Gasteiger charge is -2.30. The molecule has 2 aliphatic heterocycles. The molecule has 0 spiro atoms. The quantitative estimate of drug-likeness (QED) is 0.679. The van der Waals surface area contributed by atoms with Crippen LogP contribution in [0.15, 0.2) is 42.5 Å². The Morgan fingerprint density at radius 2 is 1.94 bits per heavy atom. The maximum absolute atomic E-state index is 13.4. The molecular formula is C24H29N3O5. The molecule has 2 heterocycles. The first kappa shape index (κ1) is 22.0. The van der Waals surface area contributed by atoms with Gasteiger partial charge >= 0.3 is 0 Å². The van der Waals surface area contributed by atoms with Crippen LogP contribution in [0.4, 0.5) is 5.69 Å². The Balaban J connectivity index is 1.53. The number of anilines is 1. The fourth-order valence-electron chi connectivity index (χ4n) is 4.37. The zero-order valence-corrected chi connectivity index (χ0v) is 18.3. The molecule has 4 rings (SSSR count). The van der Waals surface area contributed by atoms with Crippen LogP contribution in [0.5, 0.6) is 17.2 Å². The van der Waals surface area contributed by atoms with Crippen molar-refractivity contribution in [1.82, 2.24) is 4.90 Å². The Hall–Kier alpha value is -3.26. The average Bonchev–Trinajstić information content (AvgIpc) is 3.27. The summed E-state index contributed by atoms with van der Waals surface area (Å²) >= 11 is 0. The molecule has 8 nitrogen and oxygen atoms in total. The van der Waals surface area contributed by atoms with Crippen LogP contribution in [-0.4, -0.2) is 56.7 Å². The first-order chi connectivity index (χ1) is 15.6. The molecule has 0 saturated carbocycles. The normalized spacial score (nSPS) is 17.7. The van der Waals surface area contributed by atoms with Gasteiger partial charge in [0, 0.05) is 19.0 Å². The molecule has 170 valence electrons. The number of nitrogens with zero attached hydrogens (tertiary/aromatic N) is 2. The van der Waals surface area contributed by atoms with Gasteiger partial charge < -0.3 is 24.8 Å². The minimum atomic E-state index is -0.451. The predicted octanol–water partition coefficient (Wildman–Crippen LogP) is 2.51. The van der Waals surface area contributed by atoms with E-state index in [0.29, 0.717) is 24.7 Å². The summed E-state index contributed by atoms with van der Waals surface area (Å²) in [5.74, 6) is 1.54. The van der Waals surface area contributed by atoms with Gasteiger partial charge in [-0.05, 0) is 49.2 Å². The van der Waals surface area contributed by atoms with E-state index in [0.717, 1.165) is 36.4 Å². The van der Waals surface area contributed by atoms with Crippen molar-refractivity contribution in [2.75, 3.05) is 44.9 Å². The SMILES string of the molecule is COc1ccccc1N(CCC(N)=O)C(=O)CN1CCCC1c1ccc2c(c1)OCCO2. The number of para-hydroxylation sites is 2. The van der Waals surface area contributed by atoms with Crippen molar-refractivity contribution in [2.24, 2.45) is 5.73 Å². The molecule has 2 amide bonds. The number of hydrogen-bond donors (Lipinski definition) is 1. The molecule has 0 aliphatic carbocycles. The highest BCUT2D eigenvalue weighted by Crippen LogP contribution is 2.38.